The van der Waals surface area contributed by atoms with Crippen LogP contribution in [0.1, 0.15) is 18.4 Å². The van der Waals surface area contributed by atoms with Crippen molar-refractivity contribution in [2.24, 2.45) is 5.92 Å². The Labute approximate surface area is 153 Å². The predicted octanol–water partition coefficient (Wildman–Crippen LogP) is 3.94. The Morgan fingerprint density at radius 2 is 1.73 bits per heavy atom. The summed E-state index contributed by atoms with van der Waals surface area (Å²) >= 11 is 0. The number of amides is 2. The smallest absolute Gasteiger partial charge is 0.291 e. The highest BCUT2D eigenvalue weighted by Crippen LogP contribution is 2.26. The van der Waals surface area contributed by atoms with Crippen LogP contribution in [0.3, 0.4) is 0 Å². The molecule has 0 radical (unpaired) electrons. The van der Waals surface area contributed by atoms with Crippen molar-refractivity contribution in [3.63, 3.8) is 0 Å². The third-order valence-electron chi connectivity index (χ3n) is 5.33. The highest BCUT2D eigenvalue weighted by Gasteiger charge is 2.35. The number of nitrogens with zero attached hydrogens (tertiary/aromatic N) is 3. The van der Waals surface area contributed by atoms with Crippen LogP contribution >= 0.6 is 0 Å². The summed E-state index contributed by atoms with van der Waals surface area (Å²) in [5, 5.41) is 4.09. The number of anilines is 1. The number of carbonyl (C=O) groups is 1. The van der Waals surface area contributed by atoms with Crippen molar-refractivity contribution in [1.82, 2.24) is 10.0 Å². The van der Waals surface area contributed by atoms with E-state index in [4.69, 9.17) is 0 Å². The first-order chi connectivity index (χ1) is 12.7. The van der Waals surface area contributed by atoms with Crippen LogP contribution in [-0.4, -0.2) is 42.2 Å². The average Bonchev–Trinajstić information content (AvgIpc) is 3.05. The molecule has 2 saturated heterocycles. The van der Waals surface area contributed by atoms with Gasteiger partial charge in [0.05, 0.1) is 6.54 Å². The number of hydrogen-bond donors (Lipinski definition) is 0. The van der Waals surface area contributed by atoms with E-state index in [0.29, 0.717) is 19.0 Å². The summed E-state index contributed by atoms with van der Waals surface area (Å²) in [4.78, 5) is 14.6. The standard InChI is InChI=1S/C21H24FN3O/c22-19-8-10-20(11-9-19)24-13-14-25(21(24)26)23-12-4-7-18(16-23)15-17-5-2-1-3-6-17/h1-3,5-6,8-11,18H,4,7,12-16H2. The van der Waals surface area contributed by atoms with Crippen LogP contribution in [0, 0.1) is 11.7 Å². The van der Waals surface area contributed by atoms with Crippen LogP contribution in [0.4, 0.5) is 14.9 Å². The molecule has 0 spiro atoms. The molecule has 2 aromatic rings. The van der Waals surface area contributed by atoms with E-state index in [1.165, 1.54) is 24.1 Å². The summed E-state index contributed by atoms with van der Waals surface area (Å²) in [6, 6.07) is 16.7. The fraction of sp³-hybridized carbons (Fsp3) is 0.381. The molecule has 0 saturated carbocycles. The molecule has 2 aliphatic heterocycles. The lowest BCUT2D eigenvalue weighted by Crippen LogP contribution is -2.50. The lowest BCUT2D eigenvalue weighted by atomic mass is 9.92. The summed E-state index contributed by atoms with van der Waals surface area (Å²) in [6.07, 6.45) is 3.37. The van der Waals surface area contributed by atoms with Crippen LogP contribution < -0.4 is 4.90 Å². The molecule has 2 aromatic carbocycles. The number of hydrazine groups is 1. The minimum atomic E-state index is -0.281. The quantitative estimate of drug-likeness (QED) is 0.832. The molecular formula is C21H24FN3O. The first kappa shape index (κ1) is 17.0. The molecule has 0 aromatic heterocycles. The predicted molar refractivity (Wildman–Crippen MR) is 100 cm³/mol. The second-order valence-corrected chi connectivity index (χ2v) is 7.14. The summed E-state index contributed by atoms with van der Waals surface area (Å²) in [6.45, 7) is 3.17. The molecule has 0 N–H and O–H groups in total. The number of halogens is 1. The van der Waals surface area contributed by atoms with Gasteiger partial charge >= 0.3 is 6.03 Å². The van der Waals surface area contributed by atoms with Gasteiger partial charge in [-0.2, -0.15) is 0 Å². The Hall–Kier alpha value is -2.40. The lowest BCUT2D eigenvalue weighted by molar-refractivity contribution is -0.00402. The van der Waals surface area contributed by atoms with Crippen LogP contribution in [0.2, 0.25) is 0 Å². The number of rotatable bonds is 4. The first-order valence-electron chi connectivity index (χ1n) is 9.34. The zero-order valence-electron chi connectivity index (χ0n) is 14.9. The topological polar surface area (TPSA) is 26.8 Å². The SMILES string of the molecule is O=C1N(c2ccc(F)cc2)CCN1N1CCCC(Cc2ccccc2)C1. The second-order valence-electron chi connectivity index (χ2n) is 7.14. The molecule has 1 unspecified atom stereocenters. The maximum Gasteiger partial charge on any atom is 0.339 e. The average molecular weight is 353 g/mol. The van der Waals surface area contributed by atoms with Gasteiger partial charge in [0, 0.05) is 25.3 Å². The van der Waals surface area contributed by atoms with Crippen molar-refractivity contribution in [1.29, 1.82) is 0 Å². The van der Waals surface area contributed by atoms with E-state index in [2.05, 4.69) is 29.3 Å². The number of piperidine rings is 1. The van der Waals surface area contributed by atoms with Crippen molar-refractivity contribution in [2.45, 2.75) is 19.3 Å². The van der Waals surface area contributed by atoms with Gasteiger partial charge in [0.25, 0.3) is 0 Å². The van der Waals surface area contributed by atoms with Crippen LogP contribution in [0.15, 0.2) is 54.6 Å². The third kappa shape index (κ3) is 3.58. The highest BCUT2D eigenvalue weighted by atomic mass is 19.1. The second kappa shape index (κ2) is 7.46. The van der Waals surface area contributed by atoms with E-state index < -0.39 is 0 Å². The molecule has 26 heavy (non-hydrogen) atoms. The summed E-state index contributed by atoms with van der Waals surface area (Å²) in [5.74, 6) is 0.288. The Morgan fingerprint density at radius 1 is 0.962 bits per heavy atom. The van der Waals surface area contributed by atoms with Crippen molar-refractivity contribution < 1.29 is 9.18 Å². The molecule has 136 valence electrons. The fourth-order valence-electron chi connectivity index (χ4n) is 4.02. The zero-order chi connectivity index (χ0) is 17.9. The van der Waals surface area contributed by atoms with Crippen molar-refractivity contribution in [3.05, 3.63) is 66.0 Å². The van der Waals surface area contributed by atoms with Gasteiger partial charge in [0.15, 0.2) is 0 Å². The van der Waals surface area contributed by atoms with Crippen molar-refractivity contribution >= 4 is 11.7 Å². The molecule has 2 aliphatic rings. The van der Waals surface area contributed by atoms with Gasteiger partial charge < -0.3 is 0 Å². The van der Waals surface area contributed by atoms with Gasteiger partial charge in [0.2, 0.25) is 0 Å². The van der Waals surface area contributed by atoms with E-state index >= 15 is 0 Å². The Bertz CT molecular complexity index is 750. The number of urea groups is 1. The van der Waals surface area contributed by atoms with E-state index in [1.807, 2.05) is 11.1 Å². The van der Waals surface area contributed by atoms with E-state index in [1.54, 1.807) is 17.0 Å². The van der Waals surface area contributed by atoms with Gasteiger partial charge in [-0.3, -0.25) is 9.91 Å². The summed E-state index contributed by atoms with van der Waals surface area (Å²) in [7, 11) is 0. The minimum Gasteiger partial charge on any atom is -0.291 e. The molecule has 4 rings (SSSR count). The molecule has 5 heteroatoms. The molecule has 2 fully saturated rings. The summed E-state index contributed by atoms with van der Waals surface area (Å²) < 4.78 is 13.1. The Morgan fingerprint density at radius 3 is 2.50 bits per heavy atom. The van der Waals surface area contributed by atoms with E-state index in [0.717, 1.165) is 31.6 Å². The normalized spacial score (nSPS) is 21.4. The third-order valence-corrected chi connectivity index (χ3v) is 5.33. The Kier molecular flexibility index (Phi) is 4.89. The van der Waals surface area contributed by atoms with Gasteiger partial charge in [-0.05, 0) is 55.0 Å². The van der Waals surface area contributed by atoms with Gasteiger partial charge in [0.1, 0.15) is 5.82 Å². The number of benzene rings is 2. The van der Waals surface area contributed by atoms with Crippen LogP contribution in [0.25, 0.3) is 0 Å². The summed E-state index contributed by atoms with van der Waals surface area (Å²) in [5.41, 5.74) is 2.12. The first-order valence-corrected chi connectivity index (χ1v) is 9.34. The van der Waals surface area contributed by atoms with Crippen LogP contribution in [0.5, 0.6) is 0 Å². The molecule has 2 amide bonds. The maximum atomic E-state index is 13.1. The largest absolute Gasteiger partial charge is 0.339 e. The number of carbonyl (C=O) groups excluding carboxylic acids is 1. The molecule has 0 bridgehead atoms. The highest BCUT2D eigenvalue weighted by molar-refractivity contribution is 5.93. The molecule has 1 atom stereocenters. The van der Waals surface area contributed by atoms with Gasteiger partial charge in [-0.15, -0.1) is 0 Å². The lowest BCUT2D eigenvalue weighted by Gasteiger charge is -2.38. The van der Waals surface area contributed by atoms with E-state index in [-0.39, 0.29) is 11.8 Å². The van der Waals surface area contributed by atoms with Gasteiger partial charge in [-0.1, -0.05) is 30.3 Å². The minimum absolute atomic E-state index is 0.00281. The zero-order valence-corrected chi connectivity index (χ0v) is 14.9. The Balaban J connectivity index is 1.41. The van der Waals surface area contributed by atoms with Gasteiger partial charge in [-0.25, -0.2) is 14.2 Å². The fourth-order valence-corrected chi connectivity index (χ4v) is 4.02. The van der Waals surface area contributed by atoms with Crippen molar-refractivity contribution in [2.75, 3.05) is 31.1 Å². The monoisotopic (exact) mass is 353 g/mol. The maximum absolute atomic E-state index is 13.1. The molecule has 4 nitrogen and oxygen atoms in total. The van der Waals surface area contributed by atoms with Crippen molar-refractivity contribution in [3.8, 4) is 0 Å². The molecular weight excluding hydrogens is 329 g/mol. The molecule has 2 heterocycles. The number of hydrogen-bond acceptors (Lipinski definition) is 2. The molecule has 0 aliphatic carbocycles. The van der Waals surface area contributed by atoms with E-state index in [9.17, 15) is 9.18 Å². The van der Waals surface area contributed by atoms with Crippen LogP contribution in [-0.2, 0) is 6.42 Å².